The lowest BCUT2D eigenvalue weighted by atomic mass is 10.1. The van der Waals surface area contributed by atoms with E-state index < -0.39 is 0 Å². The maximum atomic E-state index is 13.1. The minimum atomic E-state index is -0.242. The second kappa shape index (κ2) is 5.75. The number of hydrogen-bond acceptors (Lipinski definition) is 7. The first-order chi connectivity index (χ1) is 13.0. The highest BCUT2D eigenvalue weighted by Crippen LogP contribution is 2.40. The molecule has 0 saturated heterocycles. The number of hydrogen-bond donors (Lipinski definition) is 2. The molecule has 0 spiro atoms. The summed E-state index contributed by atoms with van der Waals surface area (Å²) in [5, 5.41) is 7.02. The highest BCUT2D eigenvalue weighted by Gasteiger charge is 2.38. The molecule has 5 rings (SSSR count). The zero-order chi connectivity index (χ0) is 18.6. The molecule has 1 amide bonds. The van der Waals surface area contributed by atoms with E-state index in [2.05, 4.69) is 32.5 Å². The summed E-state index contributed by atoms with van der Waals surface area (Å²) in [6.45, 7) is 3.91. The molecule has 0 unspecified atom stereocenters. The minimum absolute atomic E-state index is 0.0252. The number of amides is 1. The Hall–Kier alpha value is -3.00. The number of fused-ring (bicyclic) bond motifs is 2. The lowest BCUT2D eigenvalue weighted by Crippen LogP contribution is -2.18. The van der Waals surface area contributed by atoms with Crippen molar-refractivity contribution in [1.82, 2.24) is 15.0 Å². The third-order valence-electron chi connectivity index (χ3n) is 4.90. The van der Waals surface area contributed by atoms with Crippen molar-refractivity contribution in [2.75, 3.05) is 10.6 Å². The van der Waals surface area contributed by atoms with Crippen LogP contribution in [-0.2, 0) is 0 Å². The van der Waals surface area contributed by atoms with Crippen LogP contribution in [0.4, 0.5) is 11.5 Å². The Balaban J connectivity index is 1.54. The molecule has 1 aliphatic carbocycles. The van der Waals surface area contributed by atoms with E-state index in [-0.39, 0.29) is 11.4 Å². The molecular formula is C19H17N5O2S. The van der Waals surface area contributed by atoms with Crippen molar-refractivity contribution in [2.45, 2.75) is 32.2 Å². The first kappa shape index (κ1) is 16.2. The SMILES string of the molecule is Cc1oc2ncnc(NC3(C)CC3)c2c1C(=O)Nc1ccc2ncsc2c1. The predicted molar refractivity (Wildman–Crippen MR) is 105 cm³/mol. The lowest BCUT2D eigenvalue weighted by molar-refractivity contribution is 0.102. The molecule has 3 aromatic heterocycles. The zero-order valence-electron chi connectivity index (χ0n) is 14.9. The van der Waals surface area contributed by atoms with Crippen molar-refractivity contribution in [2.24, 2.45) is 0 Å². The van der Waals surface area contributed by atoms with Crippen LogP contribution in [0.5, 0.6) is 0 Å². The fourth-order valence-corrected chi connectivity index (χ4v) is 3.85. The van der Waals surface area contributed by atoms with Gasteiger partial charge in [0.25, 0.3) is 5.91 Å². The van der Waals surface area contributed by atoms with E-state index in [1.165, 1.54) is 17.7 Å². The van der Waals surface area contributed by atoms with Crippen LogP contribution in [0.15, 0.2) is 34.5 Å². The smallest absolute Gasteiger partial charge is 0.260 e. The van der Waals surface area contributed by atoms with E-state index in [1.54, 1.807) is 12.4 Å². The maximum Gasteiger partial charge on any atom is 0.260 e. The molecule has 2 N–H and O–H groups in total. The third-order valence-corrected chi connectivity index (χ3v) is 5.69. The standard InChI is InChI=1S/C19H17N5O2S/c1-10-14(17(25)23-11-3-4-12-13(7-11)27-9-22-12)15-16(24-19(2)5-6-19)20-8-21-18(15)26-10/h3-4,7-9H,5-6H2,1-2H3,(H,23,25)(H,20,21,24). The Morgan fingerprint density at radius 1 is 1.26 bits per heavy atom. The zero-order valence-corrected chi connectivity index (χ0v) is 15.7. The van der Waals surface area contributed by atoms with Gasteiger partial charge in [-0.2, -0.15) is 0 Å². The van der Waals surface area contributed by atoms with E-state index in [0.717, 1.165) is 23.1 Å². The van der Waals surface area contributed by atoms with Gasteiger partial charge in [0.05, 0.1) is 26.7 Å². The largest absolute Gasteiger partial charge is 0.442 e. The van der Waals surface area contributed by atoms with Crippen molar-refractivity contribution in [3.63, 3.8) is 0 Å². The molecule has 1 aromatic carbocycles. The fraction of sp³-hybridized carbons (Fsp3) is 0.263. The average Bonchev–Trinajstić information content (AvgIpc) is 3.05. The van der Waals surface area contributed by atoms with Gasteiger partial charge < -0.3 is 15.1 Å². The van der Waals surface area contributed by atoms with E-state index in [1.807, 2.05) is 18.2 Å². The van der Waals surface area contributed by atoms with Gasteiger partial charge >= 0.3 is 0 Å². The topological polar surface area (TPSA) is 92.9 Å². The highest BCUT2D eigenvalue weighted by molar-refractivity contribution is 7.16. The summed E-state index contributed by atoms with van der Waals surface area (Å²) < 4.78 is 6.75. The number of aromatic nitrogens is 3. The van der Waals surface area contributed by atoms with Gasteiger partial charge in [0.2, 0.25) is 5.71 Å². The van der Waals surface area contributed by atoms with Crippen molar-refractivity contribution >= 4 is 50.1 Å². The van der Waals surface area contributed by atoms with Crippen molar-refractivity contribution in [1.29, 1.82) is 0 Å². The van der Waals surface area contributed by atoms with Crippen LogP contribution in [-0.4, -0.2) is 26.4 Å². The summed E-state index contributed by atoms with van der Waals surface area (Å²) in [6, 6.07) is 5.66. The third kappa shape index (κ3) is 2.82. The summed E-state index contributed by atoms with van der Waals surface area (Å²) in [4.78, 5) is 25.9. The Morgan fingerprint density at radius 3 is 2.93 bits per heavy atom. The Bertz CT molecular complexity index is 1190. The number of benzene rings is 1. The number of nitrogens with zero attached hydrogens (tertiary/aromatic N) is 3. The van der Waals surface area contributed by atoms with Gasteiger partial charge in [-0.15, -0.1) is 11.3 Å². The van der Waals surface area contributed by atoms with Crippen LogP contribution in [0.25, 0.3) is 21.3 Å². The number of carbonyl (C=O) groups is 1. The maximum absolute atomic E-state index is 13.1. The monoisotopic (exact) mass is 379 g/mol. The van der Waals surface area contributed by atoms with Crippen LogP contribution in [0.2, 0.25) is 0 Å². The fourth-order valence-electron chi connectivity index (χ4n) is 3.14. The molecule has 8 heteroatoms. The quantitative estimate of drug-likeness (QED) is 0.547. The molecule has 0 radical (unpaired) electrons. The van der Waals surface area contributed by atoms with Crippen LogP contribution >= 0.6 is 11.3 Å². The first-order valence-electron chi connectivity index (χ1n) is 8.69. The second-order valence-corrected chi connectivity index (χ2v) is 8.00. The van der Waals surface area contributed by atoms with Gasteiger partial charge in [-0.1, -0.05) is 0 Å². The van der Waals surface area contributed by atoms with Gasteiger partial charge in [0.15, 0.2) is 0 Å². The van der Waals surface area contributed by atoms with E-state index in [9.17, 15) is 4.79 Å². The average molecular weight is 379 g/mol. The van der Waals surface area contributed by atoms with Gasteiger partial charge in [0, 0.05) is 11.2 Å². The van der Waals surface area contributed by atoms with Crippen LogP contribution in [0, 0.1) is 6.92 Å². The van der Waals surface area contributed by atoms with Gasteiger partial charge in [-0.05, 0) is 44.9 Å². The van der Waals surface area contributed by atoms with Crippen molar-refractivity contribution < 1.29 is 9.21 Å². The number of aryl methyl sites for hydroxylation is 1. The summed E-state index contributed by atoms with van der Waals surface area (Å²) in [5.74, 6) is 0.916. The summed E-state index contributed by atoms with van der Waals surface area (Å²) in [5.41, 5.74) is 4.32. The first-order valence-corrected chi connectivity index (χ1v) is 9.57. The lowest BCUT2D eigenvalue weighted by Gasteiger charge is -2.13. The molecule has 27 heavy (non-hydrogen) atoms. The molecule has 136 valence electrons. The summed E-state index contributed by atoms with van der Waals surface area (Å²) in [6.07, 6.45) is 3.61. The molecule has 1 aliphatic rings. The summed E-state index contributed by atoms with van der Waals surface area (Å²) >= 11 is 1.54. The number of thiazole rings is 1. The van der Waals surface area contributed by atoms with Crippen LogP contribution in [0.1, 0.15) is 35.9 Å². The number of anilines is 2. The van der Waals surface area contributed by atoms with Crippen LogP contribution < -0.4 is 10.6 Å². The van der Waals surface area contributed by atoms with Gasteiger partial charge in [-0.3, -0.25) is 4.79 Å². The Labute approximate surface area is 158 Å². The molecular weight excluding hydrogens is 362 g/mol. The molecule has 3 heterocycles. The number of nitrogens with one attached hydrogen (secondary N) is 2. The number of rotatable bonds is 4. The minimum Gasteiger partial charge on any atom is -0.442 e. The molecule has 0 bridgehead atoms. The highest BCUT2D eigenvalue weighted by atomic mass is 32.1. The second-order valence-electron chi connectivity index (χ2n) is 7.11. The van der Waals surface area contributed by atoms with Crippen LogP contribution in [0.3, 0.4) is 0 Å². The molecule has 7 nitrogen and oxygen atoms in total. The predicted octanol–water partition coefficient (Wildman–Crippen LogP) is 4.36. The molecule has 1 saturated carbocycles. The van der Waals surface area contributed by atoms with Gasteiger partial charge in [-0.25, -0.2) is 15.0 Å². The van der Waals surface area contributed by atoms with E-state index >= 15 is 0 Å². The van der Waals surface area contributed by atoms with Crippen molar-refractivity contribution in [3.05, 3.63) is 41.4 Å². The van der Waals surface area contributed by atoms with Gasteiger partial charge in [0.1, 0.15) is 17.9 Å². The molecule has 0 atom stereocenters. The molecule has 4 aromatic rings. The Morgan fingerprint density at radius 2 is 2.11 bits per heavy atom. The van der Waals surface area contributed by atoms with E-state index in [4.69, 9.17) is 4.42 Å². The van der Waals surface area contributed by atoms with E-state index in [0.29, 0.717) is 33.9 Å². The normalized spacial score (nSPS) is 15.2. The van der Waals surface area contributed by atoms with Crippen molar-refractivity contribution in [3.8, 4) is 0 Å². The number of furan rings is 1. The summed E-state index contributed by atoms with van der Waals surface area (Å²) in [7, 11) is 0. The molecule has 1 fully saturated rings. The Kier molecular flexibility index (Phi) is 3.45. The molecule has 0 aliphatic heterocycles. The number of carbonyl (C=O) groups excluding carboxylic acids is 1.